The molecule has 4 heteroatoms. The lowest BCUT2D eigenvalue weighted by molar-refractivity contribution is -0.584. The van der Waals surface area contributed by atoms with Crippen LogP contribution >= 0.6 is 0 Å². The van der Waals surface area contributed by atoms with E-state index < -0.39 is 5.97 Å². The van der Waals surface area contributed by atoms with Crippen molar-refractivity contribution in [2.45, 2.75) is 0 Å². The van der Waals surface area contributed by atoms with Crippen LogP contribution in [0.3, 0.4) is 0 Å². The molecule has 2 heterocycles. The number of rotatable bonds is 3. The van der Waals surface area contributed by atoms with Gasteiger partial charge in [0.05, 0.1) is 5.56 Å². The van der Waals surface area contributed by atoms with Crippen LogP contribution < -0.4 is 4.57 Å². The topological polar surface area (TPSA) is 54.1 Å². The Bertz CT molecular complexity index is 768. The lowest BCUT2D eigenvalue weighted by Crippen LogP contribution is -2.33. The fraction of sp³-hybridized carbons (Fsp3) is 0. The number of pyridine rings is 2. The summed E-state index contributed by atoms with van der Waals surface area (Å²) < 4.78 is 1.98. The second-order valence-electron chi connectivity index (χ2n) is 4.52. The van der Waals surface area contributed by atoms with Crippen LogP contribution in [0.1, 0.15) is 10.4 Å². The molecule has 0 atom stereocenters. The van der Waals surface area contributed by atoms with Crippen LogP contribution in [0.15, 0.2) is 73.1 Å². The highest BCUT2D eigenvalue weighted by atomic mass is 16.4. The summed E-state index contributed by atoms with van der Waals surface area (Å²) in [6, 6.07) is 18.4. The maximum Gasteiger partial charge on any atom is 0.335 e. The Morgan fingerprint density at radius 3 is 2.38 bits per heavy atom. The van der Waals surface area contributed by atoms with Gasteiger partial charge in [-0.1, -0.05) is 6.07 Å². The summed E-state index contributed by atoms with van der Waals surface area (Å²) in [7, 11) is 0. The second kappa shape index (κ2) is 5.54. The van der Waals surface area contributed by atoms with Gasteiger partial charge >= 0.3 is 5.97 Å². The minimum Gasteiger partial charge on any atom is -0.478 e. The summed E-state index contributed by atoms with van der Waals surface area (Å²) in [4.78, 5) is 15.3. The van der Waals surface area contributed by atoms with Crippen molar-refractivity contribution in [1.82, 2.24) is 4.98 Å². The Hall–Kier alpha value is -3.01. The van der Waals surface area contributed by atoms with Crippen molar-refractivity contribution < 1.29 is 14.5 Å². The number of benzene rings is 1. The van der Waals surface area contributed by atoms with E-state index in [0.29, 0.717) is 0 Å². The maximum atomic E-state index is 10.9. The molecule has 0 bridgehead atoms. The van der Waals surface area contributed by atoms with E-state index in [-0.39, 0.29) is 5.56 Å². The molecule has 3 aromatic rings. The molecule has 0 aliphatic rings. The van der Waals surface area contributed by atoms with Crippen molar-refractivity contribution in [2.75, 3.05) is 0 Å². The van der Waals surface area contributed by atoms with Crippen LogP contribution in [0.2, 0.25) is 0 Å². The van der Waals surface area contributed by atoms with Crippen LogP contribution in [-0.4, -0.2) is 16.1 Å². The van der Waals surface area contributed by atoms with Gasteiger partial charge in [-0.2, -0.15) is 4.57 Å². The molecule has 0 aliphatic heterocycles. The molecule has 0 spiro atoms. The molecule has 0 saturated heterocycles. The third kappa shape index (κ3) is 2.65. The van der Waals surface area contributed by atoms with Crippen LogP contribution in [0.25, 0.3) is 17.1 Å². The van der Waals surface area contributed by atoms with Gasteiger partial charge in [-0.05, 0) is 30.3 Å². The highest BCUT2D eigenvalue weighted by molar-refractivity contribution is 5.87. The molecule has 2 aromatic heterocycles. The molecular formula is C17H13N2O2+. The van der Waals surface area contributed by atoms with Gasteiger partial charge in [-0.3, -0.25) is 0 Å². The van der Waals surface area contributed by atoms with Gasteiger partial charge in [-0.15, -0.1) is 0 Å². The summed E-state index contributed by atoms with van der Waals surface area (Å²) >= 11 is 0. The molecule has 21 heavy (non-hydrogen) atoms. The second-order valence-corrected chi connectivity index (χ2v) is 4.52. The van der Waals surface area contributed by atoms with E-state index >= 15 is 0 Å². The van der Waals surface area contributed by atoms with E-state index in [1.807, 2.05) is 47.2 Å². The number of carboxylic acid groups (broad SMARTS) is 1. The molecule has 0 unspecified atom stereocenters. The van der Waals surface area contributed by atoms with Gasteiger partial charge in [0.15, 0.2) is 6.20 Å². The summed E-state index contributed by atoms with van der Waals surface area (Å²) in [5.41, 5.74) is 2.97. The van der Waals surface area contributed by atoms with Crippen LogP contribution in [0.5, 0.6) is 0 Å². The van der Waals surface area contributed by atoms with Gasteiger partial charge in [0.2, 0.25) is 11.4 Å². The van der Waals surface area contributed by atoms with E-state index in [2.05, 4.69) is 4.98 Å². The number of aromatic carboxylic acids is 1. The lowest BCUT2D eigenvalue weighted by atomic mass is 10.2. The van der Waals surface area contributed by atoms with Crippen molar-refractivity contribution >= 4 is 5.97 Å². The molecule has 0 saturated carbocycles. The Labute approximate surface area is 122 Å². The normalized spacial score (nSPS) is 10.3. The third-order valence-corrected chi connectivity index (χ3v) is 3.18. The molecule has 0 amide bonds. The van der Waals surface area contributed by atoms with Crippen molar-refractivity contribution in [2.24, 2.45) is 0 Å². The van der Waals surface area contributed by atoms with Gasteiger partial charge in [0.25, 0.3) is 0 Å². The van der Waals surface area contributed by atoms with E-state index in [1.165, 1.54) is 0 Å². The maximum absolute atomic E-state index is 10.9. The number of carboxylic acids is 1. The third-order valence-electron chi connectivity index (χ3n) is 3.18. The van der Waals surface area contributed by atoms with E-state index in [9.17, 15) is 4.79 Å². The molecular weight excluding hydrogens is 264 g/mol. The SMILES string of the molecule is O=C(O)c1ccc(-[n+]2ccccc2-c2ccccn2)cc1. The fourth-order valence-electron chi connectivity index (χ4n) is 2.16. The standard InChI is InChI=1S/C17H12N2O2/c20-17(21)13-7-9-14(10-8-13)19-12-4-2-6-16(19)15-5-1-3-11-18-15/h1-12H/p+1. The molecule has 3 rings (SSSR count). The first kappa shape index (κ1) is 13.0. The summed E-state index contributed by atoms with van der Waals surface area (Å²) in [6.45, 7) is 0. The zero-order valence-electron chi connectivity index (χ0n) is 11.2. The minimum absolute atomic E-state index is 0.273. The Kier molecular flexibility index (Phi) is 3.43. The predicted octanol–water partition coefficient (Wildman–Crippen LogP) is 2.72. The largest absolute Gasteiger partial charge is 0.478 e. The van der Waals surface area contributed by atoms with E-state index in [1.54, 1.807) is 30.5 Å². The Morgan fingerprint density at radius 2 is 1.71 bits per heavy atom. The molecule has 1 aromatic carbocycles. The zero-order chi connectivity index (χ0) is 14.7. The summed E-state index contributed by atoms with van der Waals surface area (Å²) in [6.07, 6.45) is 3.68. The average molecular weight is 277 g/mol. The van der Waals surface area contributed by atoms with E-state index in [4.69, 9.17) is 5.11 Å². The van der Waals surface area contributed by atoms with Crippen LogP contribution in [-0.2, 0) is 0 Å². The first-order valence-corrected chi connectivity index (χ1v) is 6.51. The smallest absolute Gasteiger partial charge is 0.335 e. The highest BCUT2D eigenvalue weighted by Gasteiger charge is 2.16. The molecule has 102 valence electrons. The van der Waals surface area contributed by atoms with E-state index in [0.717, 1.165) is 17.1 Å². The molecule has 0 aliphatic carbocycles. The van der Waals surface area contributed by atoms with Crippen LogP contribution in [0.4, 0.5) is 0 Å². The van der Waals surface area contributed by atoms with Gasteiger partial charge in [0, 0.05) is 30.5 Å². The first-order chi connectivity index (χ1) is 10.3. The predicted molar refractivity (Wildman–Crippen MR) is 78.2 cm³/mol. The first-order valence-electron chi connectivity index (χ1n) is 6.51. The number of nitrogens with zero attached hydrogens (tertiary/aromatic N) is 2. The lowest BCUT2D eigenvalue weighted by Gasteiger charge is -2.03. The molecule has 4 nitrogen and oxygen atoms in total. The van der Waals surface area contributed by atoms with Crippen molar-refractivity contribution in [1.29, 1.82) is 0 Å². The minimum atomic E-state index is -0.926. The van der Waals surface area contributed by atoms with Gasteiger partial charge < -0.3 is 5.11 Å². The van der Waals surface area contributed by atoms with Gasteiger partial charge in [-0.25, -0.2) is 9.78 Å². The number of aromatic nitrogens is 2. The van der Waals surface area contributed by atoms with Crippen LogP contribution in [0, 0.1) is 0 Å². The Balaban J connectivity index is 2.09. The summed E-state index contributed by atoms with van der Waals surface area (Å²) in [5.74, 6) is -0.926. The highest BCUT2D eigenvalue weighted by Crippen LogP contribution is 2.14. The molecule has 0 radical (unpaired) electrons. The summed E-state index contributed by atoms with van der Waals surface area (Å²) in [5, 5.41) is 8.96. The number of hydrogen-bond acceptors (Lipinski definition) is 2. The molecule has 1 N–H and O–H groups in total. The zero-order valence-corrected chi connectivity index (χ0v) is 11.2. The van der Waals surface area contributed by atoms with Gasteiger partial charge in [0.1, 0.15) is 5.69 Å². The average Bonchev–Trinajstić information content (AvgIpc) is 2.56. The van der Waals surface area contributed by atoms with Crippen molar-refractivity contribution in [3.63, 3.8) is 0 Å². The fourth-order valence-corrected chi connectivity index (χ4v) is 2.16. The number of carbonyl (C=O) groups is 1. The number of hydrogen-bond donors (Lipinski definition) is 1. The van der Waals surface area contributed by atoms with Crippen molar-refractivity contribution in [3.8, 4) is 17.1 Å². The Morgan fingerprint density at radius 1 is 0.952 bits per heavy atom. The monoisotopic (exact) mass is 277 g/mol. The quantitative estimate of drug-likeness (QED) is 0.749. The van der Waals surface area contributed by atoms with Crippen molar-refractivity contribution in [3.05, 3.63) is 78.6 Å². The molecule has 0 fully saturated rings.